The van der Waals surface area contributed by atoms with Crippen LogP contribution in [0.25, 0.3) is 0 Å². The number of carbonyl (C=O) groups excluding carboxylic acids is 1. The molecule has 1 heterocycles. The number of nitrogens with one attached hydrogen (secondary N) is 1. The molecule has 0 radical (unpaired) electrons. The number of hydrogen-bond donors (Lipinski definition) is 1. The van der Waals surface area contributed by atoms with E-state index < -0.39 is 5.54 Å². The number of likely N-dealkylation sites (N-methyl/N-ethyl adjacent to an activating group) is 1. The van der Waals surface area contributed by atoms with E-state index in [1.54, 1.807) is 18.3 Å². The van der Waals surface area contributed by atoms with Gasteiger partial charge in [0.25, 0.3) is 0 Å². The van der Waals surface area contributed by atoms with Gasteiger partial charge in [-0.3, -0.25) is 4.79 Å². The number of pyridine rings is 1. The molecule has 0 bridgehead atoms. The van der Waals surface area contributed by atoms with E-state index in [-0.39, 0.29) is 5.78 Å². The van der Waals surface area contributed by atoms with E-state index in [1.165, 1.54) is 7.11 Å². The predicted octanol–water partition coefficient (Wildman–Crippen LogP) is 1.66. The van der Waals surface area contributed by atoms with Crippen LogP contribution in [0.5, 0.6) is 5.75 Å². The maximum absolute atomic E-state index is 12.2. The number of methoxy groups -OCH3 is 1. The van der Waals surface area contributed by atoms with Crippen molar-refractivity contribution in [3.05, 3.63) is 24.0 Å². The number of carbonyl (C=O) groups is 1. The molecule has 0 aliphatic carbocycles. The maximum Gasteiger partial charge on any atom is 0.204 e. The average molecular weight is 222 g/mol. The van der Waals surface area contributed by atoms with E-state index >= 15 is 0 Å². The van der Waals surface area contributed by atoms with Crippen molar-refractivity contribution >= 4 is 5.78 Å². The predicted molar refractivity (Wildman–Crippen MR) is 62.9 cm³/mol. The van der Waals surface area contributed by atoms with Gasteiger partial charge in [0.05, 0.1) is 12.6 Å². The zero-order valence-electron chi connectivity index (χ0n) is 10.2. The summed E-state index contributed by atoms with van der Waals surface area (Å²) >= 11 is 0. The van der Waals surface area contributed by atoms with Crippen molar-refractivity contribution in [1.29, 1.82) is 0 Å². The smallest absolute Gasteiger partial charge is 0.204 e. The molecule has 1 aromatic rings. The Morgan fingerprint density at radius 1 is 1.56 bits per heavy atom. The fourth-order valence-corrected chi connectivity index (χ4v) is 1.54. The molecule has 0 aromatic carbocycles. The number of hydrogen-bond acceptors (Lipinski definition) is 4. The Bertz CT molecular complexity index is 375. The molecule has 0 aliphatic heterocycles. The lowest BCUT2D eigenvalue weighted by Crippen LogP contribution is -2.47. The first-order valence-corrected chi connectivity index (χ1v) is 5.31. The van der Waals surface area contributed by atoms with Crippen LogP contribution in [0, 0.1) is 0 Å². The summed E-state index contributed by atoms with van der Waals surface area (Å²) in [5.74, 6) is 0.449. The zero-order chi connectivity index (χ0) is 12.2. The second-order valence-corrected chi connectivity index (χ2v) is 4.04. The van der Waals surface area contributed by atoms with Crippen molar-refractivity contribution in [3.63, 3.8) is 0 Å². The first kappa shape index (κ1) is 12.6. The van der Waals surface area contributed by atoms with Gasteiger partial charge in [-0.25, -0.2) is 4.98 Å². The first-order chi connectivity index (χ1) is 7.53. The second kappa shape index (κ2) is 5.07. The Kier molecular flexibility index (Phi) is 4.01. The molecule has 4 nitrogen and oxygen atoms in total. The van der Waals surface area contributed by atoms with Gasteiger partial charge in [0, 0.05) is 6.20 Å². The number of aromatic nitrogens is 1. The van der Waals surface area contributed by atoms with E-state index in [4.69, 9.17) is 4.74 Å². The van der Waals surface area contributed by atoms with Crippen molar-refractivity contribution in [3.8, 4) is 5.75 Å². The first-order valence-electron chi connectivity index (χ1n) is 5.31. The van der Waals surface area contributed by atoms with Crippen LogP contribution in [0.3, 0.4) is 0 Å². The van der Waals surface area contributed by atoms with Gasteiger partial charge in [-0.15, -0.1) is 0 Å². The van der Waals surface area contributed by atoms with Crippen LogP contribution in [0.4, 0.5) is 0 Å². The molecule has 0 saturated heterocycles. The summed E-state index contributed by atoms with van der Waals surface area (Å²) in [6, 6.07) is 3.48. The van der Waals surface area contributed by atoms with Crippen molar-refractivity contribution in [2.24, 2.45) is 0 Å². The summed E-state index contributed by atoms with van der Waals surface area (Å²) in [4.78, 5) is 16.3. The lowest BCUT2D eigenvalue weighted by molar-refractivity contribution is 0.0875. The fourth-order valence-electron chi connectivity index (χ4n) is 1.54. The summed E-state index contributed by atoms with van der Waals surface area (Å²) in [7, 11) is 1.54. The minimum Gasteiger partial charge on any atom is -0.494 e. The topological polar surface area (TPSA) is 51.2 Å². The number of ketones is 1. The Labute approximate surface area is 96.0 Å². The van der Waals surface area contributed by atoms with Gasteiger partial charge in [-0.05, 0) is 32.5 Å². The maximum atomic E-state index is 12.2. The van der Waals surface area contributed by atoms with Gasteiger partial charge in [-0.1, -0.05) is 6.92 Å². The molecule has 16 heavy (non-hydrogen) atoms. The summed E-state index contributed by atoms with van der Waals surface area (Å²) in [6.45, 7) is 6.37. The Balaban J connectivity index is 3.04. The van der Waals surface area contributed by atoms with Crippen LogP contribution in [0.2, 0.25) is 0 Å². The molecule has 0 saturated carbocycles. The average Bonchev–Trinajstić information content (AvgIpc) is 2.28. The molecule has 88 valence electrons. The second-order valence-electron chi connectivity index (χ2n) is 4.04. The number of Topliss-reactive ketones (excluding diaryl/α,β-unsaturated/α-hetero) is 1. The van der Waals surface area contributed by atoms with Crippen molar-refractivity contribution < 1.29 is 9.53 Å². The SMILES string of the molecule is CCNC(C)(C)C(=O)c1ncccc1OC. The third kappa shape index (κ3) is 2.58. The fraction of sp³-hybridized carbons (Fsp3) is 0.500. The van der Waals surface area contributed by atoms with Gasteiger partial charge < -0.3 is 10.1 Å². The minimum atomic E-state index is -0.629. The standard InChI is InChI=1S/C12H18N2O2/c1-5-14-12(2,3)11(15)10-9(16-4)7-6-8-13-10/h6-8,14H,5H2,1-4H3. The van der Waals surface area contributed by atoms with Crippen LogP contribution in [-0.2, 0) is 0 Å². The summed E-state index contributed by atoms with van der Waals surface area (Å²) < 4.78 is 5.13. The summed E-state index contributed by atoms with van der Waals surface area (Å²) in [5.41, 5.74) is -0.257. The molecule has 4 heteroatoms. The molecular formula is C12H18N2O2. The van der Waals surface area contributed by atoms with Gasteiger partial charge in [0.1, 0.15) is 11.4 Å². The molecule has 1 N–H and O–H groups in total. The number of ether oxygens (including phenoxy) is 1. The highest BCUT2D eigenvalue weighted by Gasteiger charge is 2.30. The van der Waals surface area contributed by atoms with Crippen LogP contribution >= 0.6 is 0 Å². The van der Waals surface area contributed by atoms with Crippen LogP contribution in [0.15, 0.2) is 18.3 Å². The van der Waals surface area contributed by atoms with Gasteiger partial charge in [-0.2, -0.15) is 0 Å². The lowest BCUT2D eigenvalue weighted by Gasteiger charge is -2.24. The van der Waals surface area contributed by atoms with Gasteiger partial charge in [0.2, 0.25) is 5.78 Å². The molecule has 1 rings (SSSR count). The highest BCUT2D eigenvalue weighted by Crippen LogP contribution is 2.20. The third-order valence-electron chi connectivity index (χ3n) is 2.39. The largest absolute Gasteiger partial charge is 0.494 e. The Morgan fingerprint density at radius 3 is 2.81 bits per heavy atom. The molecule has 0 spiro atoms. The number of rotatable bonds is 5. The summed E-state index contributed by atoms with van der Waals surface area (Å²) in [5, 5.41) is 3.13. The number of nitrogens with zero attached hydrogens (tertiary/aromatic N) is 1. The van der Waals surface area contributed by atoms with E-state index in [2.05, 4.69) is 10.3 Å². The molecule has 0 unspecified atom stereocenters. The quantitative estimate of drug-likeness (QED) is 0.770. The molecule has 1 aromatic heterocycles. The van der Waals surface area contributed by atoms with Crippen molar-refractivity contribution in [2.45, 2.75) is 26.3 Å². The van der Waals surface area contributed by atoms with Crippen molar-refractivity contribution in [1.82, 2.24) is 10.3 Å². The lowest BCUT2D eigenvalue weighted by atomic mass is 9.96. The van der Waals surface area contributed by atoms with Crippen molar-refractivity contribution in [2.75, 3.05) is 13.7 Å². The van der Waals surface area contributed by atoms with Crippen LogP contribution in [-0.4, -0.2) is 30.0 Å². The normalized spacial score (nSPS) is 11.2. The minimum absolute atomic E-state index is 0.0631. The monoisotopic (exact) mass is 222 g/mol. The third-order valence-corrected chi connectivity index (χ3v) is 2.39. The van der Waals surface area contributed by atoms with Crippen LogP contribution in [0.1, 0.15) is 31.3 Å². The van der Waals surface area contributed by atoms with Crippen LogP contribution < -0.4 is 10.1 Å². The highest BCUT2D eigenvalue weighted by molar-refractivity contribution is 6.03. The molecule has 0 aliphatic rings. The van der Waals surface area contributed by atoms with E-state index in [9.17, 15) is 4.79 Å². The van der Waals surface area contributed by atoms with Gasteiger partial charge >= 0.3 is 0 Å². The molecule has 0 fully saturated rings. The highest BCUT2D eigenvalue weighted by atomic mass is 16.5. The van der Waals surface area contributed by atoms with E-state index in [1.807, 2.05) is 20.8 Å². The molecule has 0 amide bonds. The zero-order valence-corrected chi connectivity index (χ0v) is 10.2. The van der Waals surface area contributed by atoms with E-state index in [0.717, 1.165) is 6.54 Å². The Hall–Kier alpha value is -1.42. The van der Waals surface area contributed by atoms with E-state index in [0.29, 0.717) is 11.4 Å². The molecular weight excluding hydrogens is 204 g/mol. The Morgan fingerprint density at radius 2 is 2.25 bits per heavy atom. The van der Waals surface area contributed by atoms with Gasteiger partial charge in [0.15, 0.2) is 0 Å². The summed E-state index contributed by atoms with van der Waals surface area (Å²) in [6.07, 6.45) is 1.60. The molecule has 0 atom stereocenters.